The van der Waals surface area contributed by atoms with Crippen molar-refractivity contribution in [3.8, 4) is 0 Å². The topological polar surface area (TPSA) is 20.3 Å². The molecule has 0 aromatic carbocycles. The molecule has 2 nitrogen and oxygen atoms in total. The standard InChI is InChI=1S/C11H19NO/c1-8(2)9-3-4-10-5-6-11(13)12(10)7-9/h8-10H,3-7H2,1-2H3. The summed E-state index contributed by atoms with van der Waals surface area (Å²) in [4.78, 5) is 13.6. The van der Waals surface area contributed by atoms with Crippen molar-refractivity contribution in [2.24, 2.45) is 11.8 Å². The number of hydrogen-bond donors (Lipinski definition) is 0. The van der Waals surface area contributed by atoms with Crippen molar-refractivity contribution in [1.29, 1.82) is 0 Å². The van der Waals surface area contributed by atoms with E-state index in [-0.39, 0.29) is 0 Å². The maximum absolute atomic E-state index is 11.5. The van der Waals surface area contributed by atoms with Crippen molar-refractivity contribution in [1.82, 2.24) is 4.90 Å². The molecule has 1 amide bonds. The minimum atomic E-state index is 0.398. The van der Waals surface area contributed by atoms with E-state index in [1.54, 1.807) is 0 Å². The molecule has 2 unspecified atom stereocenters. The molecule has 2 aliphatic rings. The Balaban J connectivity index is 2.01. The SMILES string of the molecule is CC(C)C1CCC2CCC(=O)N2C1. The molecular weight excluding hydrogens is 162 g/mol. The van der Waals surface area contributed by atoms with Crippen molar-refractivity contribution in [2.45, 2.75) is 45.6 Å². The minimum Gasteiger partial charge on any atom is -0.339 e. The fraction of sp³-hybridized carbons (Fsp3) is 0.909. The van der Waals surface area contributed by atoms with Crippen molar-refractivity contribution in [3.63, 3.8) is 0 Å². The molecule has 0 bridgehead atoms. The zero-order valence-corrected chi connectivity index (χ0v) is 8.62. The van der Waals surface area contributed by atoms with E-state index in [0.717, 1.165) is 31.2 Å². The highest BCUT2D eigenvalue weighted by atomic mass is 16.2. The summed E-state index contributed by atoms with van der Waals surface area (Å²) in [6, 6.07) is 0.600. The van der Waals surface area contributed by atoms with Crippen LogP contribution >= 0.6 is 0 Å². The molecule has 13 heavy (non-hydrogen) atoms. The zero-order valence-electron chi connectivity index (χ0n) is 8.62. The maximum Gasteiger partial charge on any atom is 0.222 e. The number of piperidine rings is 1. The van der Waals surface area contributed by atoms with Gasteiger partial charge in [-0.1, -0.05) is 13.8 Å². The fourth-order valence-electron chi connectivity index (χ4n) is 2.64. The van der Waals surface area contributed by atoms with Crippen LogP contribution in [0.15, 0.2) is 0 Å². The monoisotopic (exact) mass is 181 g/mol. The third kappa shape index (κ3) is 1.59. The van der Waals surface area contributed by atoms with Crippen LogP contribution in [0.3, 0.4) is 0 Å². The van der Waals surface area contributed by atoms with Crippen molar-refractivity contribution in [2.75, 3.05) is 6.54 Å². The molecule has 0 aromatic heterocycles. The molecule has 2 fully saturated rings. The fourth-order valence-corrected chi connectivity index (χ4v) is 2.64. The second-order valence-corrected chi connectivity index (χ2v) is 4.82. The molecule has 2 aliphatic heterocycles. The van der Waals surface area contributed by atoms with Gasteiger partial charge in [-0.05, 0) is 31.1 Å². The lowest BCUT2D eigenvalue weighted by molar-refractivity contribution is -0.131. The second-order valence-electron chi connectivity index (χ2n) is 4.82. The predicted octanol–water partition coefficient (Wildman–Crippen LogP) is 2.04. The van der Waals surface area contributed by atoms with Crippen LogP contribution in [-0.2, 0) is 4.79 Å². The Bertz CT molecular complexity index is 212. The van der Waals surface area contributed by atoms with Crippen LogP contribution in [0.5, 0.6) is 0 Å². The minimum absolute atomic E-state index is 0.398. The van der Waals surface area contributed by atoms with Crippen molar-refractivity contribution >= 4 is 5.91 Å². The Kier molecular flexibility index (Phi) is 2.31. The first kappa shape index (κ1) is 9.04. The van der Waals surface area contributed by atoms with E-state index in [4.69, 9.17) is 0 Å². The number of hydrogen-bond acceptors (Lipinski definition) is 1. The molecule has 2 atom stereocenters. The molecule has 2 rings (SSSR count). The van der Waals surface area contributed by atoms with Gasteiger partial charge < -0.3 is 4.90 Å². The predicted molar refractivity (Wildman–Crippen MR) is 52.3 cm³/mol. The summed E-state index contributed by atoms with van der Waals surface area (Å²) in [7, 11) is 0. The number of rotatable bonds is 1. The highest BCUT2D eigenvalue weighted by Gasteiger charge is 2.36. The van der Waals surface area contributed by atoms with Crippen molar-refractivity contribution in [3.05, 3.63) is 0 Å². The first-order valence-corrected chi connectivity index (χ1v) is 5.48. The number of carbonyl (C=O) groups is 1. The Morgan fingerprint density at radius 1 is 1.31 bits per heavy atom. The average molecular weight is 181 g/mol. The summed E-state index contributed by atoms with van der Waals surface area (Å²) < 4.78 is 0. The van der Waals surface area contributed by atoms with E-state index < -0.39 is 0 Å². The van der Waals surface area contributed by atoms with E-state index in [1.165, 1.54) is 12.8 Å². The summed E-state index contributed by atoms with van der Waals surface area (Å²) >= 11 is 0. The summed E-state index contributed by atoms with van der Waals surface area (Å²) in [5, 5.41) is 0. The van der Waals surface area contributed by atoms with Gasteiger partial charge in [0.15, 0.2) is 0 Å². The lowest BCUT2D eigenvalue weighted by Crippen LogP contribution is -2.42. The largest absolute Gasteiger partial charge is 0.339 e. The highest BCUT2D eigenvalue weighted by Crippen LogP contribution is 2.33. The van der Waals surface area contributed by atoms with Gasteiger partial charge in [0, 0.05) is 19.0 Å². The molecule has 0 aliphatic carbocycles. The summed E-state index contributed by atoms with van der Waals surface area (Å²) in [6.07, 6.45) is 4.49. The molecule has 0 radical (unpaired) electrons. The van der Waals surface area contributed by atoms with E-state index in [0.29, 0.717) is 11.9 Å². The number of carbonyl (C=O) groups excluding carboxylic acids is 1. The summed E-state index contributed by atoms with van der Waals surface area (Å²) in [5.74, 6) is 1.88. The molecular formula is C11H19NO. The smallest absolute Gasteiger partial charge is 0.222 e. The van der Waals surface area contributed by atoms with E-state index in [1.807, 2.05) is 0 Å². The quantitative estimate of drug-likeness (QED) is 0.606. The van der Waals surface area contributed by atoms with Crippen LogP contribution in [0.2, 0.25) is 0 Å². The van der Waals surface area contributed by atoms with Crippen molar-refractivity contribution < 1.29 is 4.79 Å². The van der Waals surface area contributed by atoms with Crippen LogP contribution in [0.25, 0.3) is 0 Å². The van der Waals surface area contributed by atoms with Gasteiger partial charge in [0.25, 0.3) is 0 Å². The van der Waals surface area contributed by atoms with Gasteiger partial charge in [-0.25, -0.2) is 0 Å². The first-order chi connectivity index (χ1) is 6.18. The zero-order chi connectivity index (χ0) is 9.42. The maximum atomic E-state index is 11.5. The van der Waals surface area contributed by atoms with Gasteiger partial charge in [-0.15, -0.1) is 0 Å². The molecule has 2 heteroatoms. The van der Waals surface area contributed by atoms with E-state index >= 15 is 0 Å². The van der Waals surface area contributed by atoms with Gasteiger partial charge in [0.1, 0.15) is 0 Å². The molecule has 2 saturated heterocycles. The third-order valence-corrected chi connectivity index (χ3v) is 3.70. The number of amides is 1. The van der Waals surface area contributed by atoms with Crippen LogP contribution in [0.4, 0.5) is 0 Å². The number of nitrogens with zero attached hydrogens (tertiary/aromatic N) is 1. The highest BCUT2D eigenvalue weighted by molar-refractivity contribution is 5.78. The molecule has 0 N–H and O–H groups in total. The average Bonchev–Trinajstić information content (AvgIpc) is 2.47. The van der Waals surface area contributed by atoms with E-state index in [2.05, 4.69) is 18.7 Å². The Morgan fingerprint density at radius 2 is 2.08 bits per heavy atom. The molecule has 0 spiro atoms. The van der Waals surface area contributed by atoms with Crippen LogP contribution in [-0.4, -0.2) is 23.4 Å². The van der Waals surface area contributed by atoms with Gasteiger partial charge >= 0.3 is 0 Å². The Labute approximate surface area is 80.3 Å². The number of fused-ring (bicyclic) bond motifs is 1. The lowest BCUT2D eigenvalue weighted by Gasteiger charge is -2.37. The van der Waals surface area contributed by atoms with Crippen LogP contribution < -0.4 is 0 Å². The summed E-state index contributed by atoms with van der Waals surface area (Å²) in [6.45, 7) is 5.57. The summed E-state index contributed by atoms with van der Waals surface area (Å²) in [5.41, 5.74) is 0. The Hall–Kier alpha value is -0.530. The molecule has 0 aromatic rings. The lowest BCUT2D eigenvalue weighted by atomic mass is 9.85. The van der Waals surface area contributed by atoms with Gasteiger partial charge in [-0.3, -0.25) is 4.79 Å². The van der Waals surface area contributed by atoms with Gasteiger partial charge in [-0.2, -0.15) is 0 Å². The van der Waals surface area contributed by atoms with Gasteiger partial charge in [0.2, 0.25) is 5.91 Å². The molecule has 0 saturated carbocycles. The normalized spacial score (nSPS) is 34.1. The van der Waals surface area contributed by atoms with Gasteiger partial charge in [0.05, 0.1) is 0 Å². The van der Waals surface area contributed by atoms with Crippen LogP contribution in [0, 0.1) is 11.8 Å². The second kappa shape index (κ2) is 3.32. The molecule has 2 heterocycles. The van der Waals surface area contributed by atoms with Crippen LogP contribution in [0.1, 0.15) is 39.5 Å². The third-order valence-electron chi connectivity index (χ3n) is 3.70. The molecule has 74 valence electrons. The first-order valence-electron chi connectivity index (χ1n) is 5.48. The van der Waals surface area contributed by atoms with E-state index in [9.17, 15) is 4.79 Å². The Morgan fingerprint density at radius 3 is 2.77 bits per heavy atom.